The average Bonchev–Trinajstić information content (AvgIpc) is 2.30. The van der Waals surface area contributed by atoms with Gasteiger partial charge in [0.05, 0.1) is 10.9 Å². The van der Waals surface area contributed by atoms with E-state index in [9.17, 15) is 9.70 Å². The van der Waals surface area contributed by atoms with Gasteiger partial charge in [-0.25, -0.2) is 4.79 Å². The summed E-state index contributed by atoms with van der Waals surface area (Å²) in [5, 5.41) is 13.3. The third kappa shape index (κ3) is 2.16. The van der Waals surface area contributed by atoms with Crippen LogP contribution in [0.2, 0.25) is 0 Å². The SMILES string of the molecule is O=NN1CCC2(CCCC(C(=O)O)O2)CC1. The first-order valence-electron chi connectivity index (χ1n) is 5.64. The molecule has 0 saturated carbocycles. The summed E-state index contributed by atoms with van der Waals surface area (Å²) in [5.41, 5.74) is -0.331. The highest BCUT2D eigenvalue weighted by atomic mass is 16.5. The molecule has 2 rings (SSSR count). The van der Waals surface area contributed by atoms with Gasteiger partial charge in [-0.3, -0.25) is 5.01 Å². The molecule has 1 spiro atoms. The molecule has 2 aliphatic rings. The molecule has 2 saturated heterocycles. The van der Waals surface area contributed by atoms with Crippen molar-refractivity contribution in [1.82, 2.24) is 5.01 Å². The molecule has 90 valence electrons. The maximum Gasteiger partial charge on any atom is 0.332 e. The molecular formula is C10H16N2O4. The van der Waals surface area contributed by atoms with Gasteiger partial charge >= 0.3 is 5.97 Å². The standard InChI is InChI=1S/C10H16N2O4/c13-9(14)8-2-1-3-10(16-8)4-6-12(11-15)7-5-10/h8H,1-7H2,(H,13,14). The minimum Gasteiger partial charge on any atom is -0.479 e. The predicted molar refractivity (Wildman–Crippen MR) is 55.7 cm³/mol. The van der Waals surface area contributed by atoms with Crippen molar-refractivity contribution in [3.63, 3.8) is 0 Å². The molecule has 6 heteroatoms. The van der Waals surface area contributed by atoms with Crippen molar-refractivity contribution in [2.45, 2.75) is 43.8 Å². The minimum absolute atomic E-state index is 0.331. The van der Waals surface area contributed by atoms with Gasteiger partial charge in [0.1, 0.15) is 0 Å². The number of nitroso groups, excluding NO2 is 1. The Balaban J connectivity index is 1.98. The van der Waals surface area contributed by atoms with E-state index in [0.29, 0.717) is 32.4 Å². The van der Waals surface area contributed by atoms with Crippen molar-refractivity contribution in [2.75, 3.05) is 13.1 Å². The molecule has 2 heterocycles. The highest BCUT2D eigenvalue weighted by Gasteiger charge is 2.42. The Morgan fingerprint density at radius 3 is 2.62 bits per heavy atom. The Hall–Kier alpha value is -1.17. The average molecular weight is 228 g/mol. The Bertz CT molecular complexity index is 287. The van der Waals surface area contributed by atoms with E-state index in [1.165, 1.54) is 5.01 Å². The number of ether oxygens (including phenoxy) is 1. The summed E-state index contributed by atoms with van der Waals surface area (Å²) in [5.74, 6) is -0.880. The van der Waals surface area contributed by atoms with Gasteiger partial charge in [0.25, 0.3) is 0 Å². The maximum atomic E-state index is 10.9. The van der Waals surface area contributed by atoms with E-state index in [1.54, 1.807) is 0 Å². The van der Waals surface area contributed by atoms with Gasteiger partial charge < -0.3 is 9.84 Å². The topological polar surface area (TPSA) is 79.2 Å². The number of hydrogen-bond acceptors (Lipinski definition) is 4. The van der Waals surface area contributed by atoms with Crippen LogP contribution in [-0.2, 0) is 9.53 Å². The summed E-state index contributed by atoms with van der Waals surface area (Å²) in [6.07, 6.45) is 3.08. The molecule has 0 bridgehead atoms. The number of carbonyl (C=O) groups is 1. The summed E-state index contributed by atoms with van der Waals surface area (Å²) in [7, 11) is 0. The molecule has 16 heavy (non-hydrogen) atoms. The minimum atomic E-state index is -0.880. The summed E-state index contributed by atoms with van der Waals surface area (Å²) in [4.78, 5) is 21.2. The largest absolute Gasteiger partial charge is 0.479 e. The molecule has 0 aliphatic carbocycles. The van der Waals surface area contributed by atoms with Crippen LogP contribution >= 0.6 is 0 Å². The zero-order valence-corrected chi connectivity index (χ0v) is 9.09. The molecule has 1 N–H and O–H groups in total. The monoisotopic (exact) mass is 228 g/mol. The Labute approximate surface area is 93.5 Å². The molecule has 0 aromatic rings. The lowest BCUT2D eigenvalue weighted by Gasteiger charge is -2.44. The summed E-state index contributed by atoms with van der Waals surface area (Å²) >= 11 is 0. The van der Waals surface area contributed by atoms with Gasteiger partial charge in [-0.1, -0.05) is 0 Å². The molecule has 0 aromatic heterocycles. The quantitative estimate of drug-likeness (QED) is 0.717. The zero-order chi connectivity index (χ0) is 11.6. The first-order chi connectivity index (χ1) is 7.65. The van der Waals surface area contributed by atoms with E-state index in [2.05, 4.69) is 5.29 Å². The van der Waals surface area contributed by atoms with Gasteiger partial charge in [-0.2, -0.15) is 0 Å². The summed E-state index contributed by atoms with van der Waals surface area (Å²) in [6, 6.07) is 0. The fraction of sp³-hybridized carbons (Fsp3) is 0.900. The number of nitrogens with zero attached hydrogens (tertiary/aromatic N) is 2. The summed E-state index contributed by atoms with van der Waals surface area (Å²) in [6.45, 7) is 1.13. The molecule has 2 aliphatic heterocycles. The van der Waals surface area contributed by atoms with Crippen molar-refractivity contribution in [2.24, 2.45) is 5.29 Å². The fourth-order valence-electron chi connectivity index (χ4n) is 2.56. The van der Waals surface area contributed by atoms with Crippen LogP contribution in [0.5, 0.6) is 0 Å². The number of rotatable bonds is 2. The lowest BCUT2D eigenvalue weighted by molar-refractivity contribution is -0.184. The van der Waals surface area contributed by atoms with Crippen LogP contribution in [-0.4, -0.2) is 40.9 Å². The number of piperidine rings is 1. The van der Waals surface area contributed by atoms with Crippen LogP contribution in [0.15, 0.2) is 5.29 Å². The van der Waals surface area contributed by atoms with E-state index in [1.807, 2.05) is 0 Å². The van der Waals surface area contributed by atoms with Crippen LogP contribution in [0.3, 0.4) is 0 Å². The van der Waals surface area contributed by atoms with E-state index >= 15 is 0 Å². The number of aliphatic carboxylic acids is 1. The third-order valence-corrected chi connectivity index (χ3v) is 3.53. The van der Waals surface area contributed by atoms with E-state index < -0.39 is 12.1 Å². The smallest absolute Gasteiger partial charge is 0.332 e. The van der Waals surface area contributed by atoms with E-state index in [4.69, 9.17) is 9.84 Å². The summed E-state index contributed by atoms with van der Waals surface area (Å²) < 4.78 is 5.70. The van der Waals surface area contributed by atoms with Crippen LogP contribution in [0.4, 0.5) is 0 Å². The van der Waals surface area contributed by atoms with Gasteiger partial charge in [-0.15, -0.1) is 4.91 Å². The van der Waals surface area contributed by atoms with Crippen molar-refractivity contribution < 1.29 is 14.6 Å². The highest BCUT2D eigenvalue weighted by molar-refractivity contribution is 5.72. The third-order valence-electron chi connectivity index (χ3n) is 3.53. The second-order valence-corrected chi connectivity index (χ2v) is 4.56. The van der Waals surface area contributed by atoms with Gasteiger partial charge in [0.15, 0.2) is 6.10 Å². The molecule has 0 amide bonds. The van der Waals surface area contributed by atoms with Crippen LogP contribution in [0, 0.1) is 4.91 Å². The maximum absolute atomic E-state index is 10.9. The van der Waals surface area contributed by atoms with Crippen LogP contribution in [0.1, 0.15) is 32.1 Å². The molecule has 0 aromatic carbocycles. The lowest BCUT2D eigenvalue weighted by atomic mass is 9.83. The van der Waals surface area contributed by atoms with Crippen molar-refractivity contribution in [1.29, 1.82) is 0 Å². The first kappa shape index (κ1) is 11.3. The molecule has 6 nitrogen and oxygen atoms in total. The number of carboxylic acids is 1. The highest BCUT2D eigenvalue weighted by Crippen LogP contribution is 2.37. The molecular weight excluding hydrogens is 212 g/mol. The normalized spacial score (nSPS) is 29.0. The van der Waals surface area contributed by atoms with Crippen molar-refractivity contribution >= 4 is 5.97 Å². The molecule has 0 radical (unpaired) electrons. The van der Waals surface area contributed by atoms with E-state index in [-0.39, 0.29) is 5.60 Å². The van der Waals surface area contributed by atoms with Gasteiger partial charge in [0.2, 0.25) is 0 Å². The predicted octanol–water partition coefficient (Wildman–Crippen LogP) is 1.16. The van der Waals surface area contributed by atoms with Crippen LogP contribution < -0.4 is 0 Å². The molecule has 2 fully saturated rings. The van der Waals surface area contributed by atoms with Gasteiger partial charge in [0, 0.05) is 13.1 Å². The first-order valence-corrected chi connectivity index (χ1v) is 5.64. The zero-order valence-electron chi connectivity index (χ0n) is 9.09. The van der Waals surface area contributed by atoms with Crippen molar-refractivity contribution in [3.05, 3.63) is 4.91 Å². The van der Waals surface area contributed by atoms with E-state index in [0.717, 1.165) is 12.8 Å². The lowest BCUT2D eigenvalue weighted by Crippen LogP contribution is -2.50. The second-order valence-electron chi connectivity index (χ2n) is 4.56. The number of carboxylic acid groups (broad SMARTS) is 1. The Kier molecular flexibility index (Phi) is 3.09. The second kappa shape index (κ2) is 4.37. The van der Waals surface area contributed by atoms with Gasteiger partial charge in [-0.05, 0) is 32.1 Å². The van der Waals surface area contributed by atoms with Crippen molar-refractivity contribution in [3.8, 4) is 0 Å². The molecule has 1 atom stereocenters. The van der Waals surface area contributed by atoms with Crippen LogP contribution in [0.25, 0.3) is 0 Å². The number of hydrogen-bond donors (Lipinski definition) is 1. The molecule has 1 unspecified atom stereocenters. The Morgan fingerprint density at radius 1 is 1.38 bits per heavy atom. The fourth-order valence-corrected chi connectivity index (χ4v) is 2.56. The Morgan fingerprint density at radius 2 is 2.06 bits per heavy atom.